The van der Waals surface area contributed by atoms with Gasteiger partial charge in [0.15, 0.2) is 0 Å². The lowest BCUT2D eigenvalue weighted by molar-refractivity contribution is 0.0951. The molecule has 0 spiro atoms. The van der Waals surface area contributed by atoms with Crippen molar-refractivity contribution in [1.29, 1.82) is 0 Å². The Bertz CT molecular complexity index is 844. The van der Waals surface area contributed by atoms with Gasteiger partial charge in [0.1, 0.15) is 5.75 Å². The number of hydrogen-bond acceptors (Lipinski definition) is 2. The topological polar surface area (TPSA) is 49.3 Å². The zero-order valence-corrected chi connectivity index (χ0v) is 14.0. The van der Waals surface area contributed by atoms with Crippen molar-refractivity contribution in [2.45, 2.75) is 6.42 Å². The Hall–Kier alpha value is -2.33. The van der Waals surface area contributed by atoms with Crippen LogP contribution in [0.5, 0.6) is 5.75 Å². The van der Waals surface area contributed by atoms with Crippen LogP contribution in [0.4, 0.5) is 0 Å². The fourth-order valence-corrected chi connectivity index (χ4v) is 2.74. The van der Waals surface area contributed by atoms with Crippen molar-refractivity contribution in [2.75, 3.05) is 6.54 Å². The molecule has 3 aromatic carbocycles. The average Bonchev–Trinajstić information content (AvgIpc) is 2.56. The fourth-order valence-electron chi connectivity index (χ4n) is 2.48. The van der Waals surface area contributed by atoms with E-state index >= 15 is 0 Å². The van der Waals surface area contributed by atoms with E-state index in [1.54, 1.807) is 12.1 Å². The standard InChI is InChI=1S/C19H16BrNO2/c20-16-7-5-13(6-8-16)9-10-21-19(23)17-11-14-3-1-2-4-15(14)12-18(17)22/h1-8,11-12,22H,9-10H2,(H,21,23). The third kappa shape index (κ3) is 3.71. The summed E-state index contributed by atoms with van der Waals surface area (Å²) in [5.41, 5.74) is 1.45. The Morgan fingerprint density at radius 3 is 2.35 bits per heavy atom. The number of aromatic hydroxyl groups is 1. The second kappa shape index (κ2) is 6.84. The number of fused-ring (bicyclic) bond motifs is 1. The Morgan fingerprint density at radius 1 is 1.00 bits per heavy atom. The molecule has 3 aromatic rings. The van der Waals surface area contributed by atoms with Crippen molar-refractivity contribution >= 4 is 32.6 Å². The van der Waals surface area contributed by atoms with Gasteiger partial charge in [-0.25, -0.2) is 0 Å². The van der Waals surface area contributed by atoms with Gasteiger partial charge in [-0.2, -0.15) is 0 Å². The zero-order valence-electron chi connectivity index (χ0n) is 12.4. The smallest absolute Gasteiger partial charge is 0.255 e. The maximum absolute atomic E-state index is 12.3. The van der Waals surface area contributed by atoms with Crippen LogP contribution < -0.4 is 5.32 Å². The van der Waals surface area contributed by atoms with E-state index in [-0.39, 0.29) is 11.7 Å². The second-order valence-electron chi connectivity index (χ2n) is 5.35. The van der Waals surface area contributed by atoms with Gasteiger partial charge in [-0.05, 0) is 47.0 Å². The quantitative estimate of drug-likeness (QED) is 0.720. The molecule has 0 aromatic heterocycles. The Labute approximate surface area is 143 Å². The van der Waals surface area contributed by atoms with Crippen molar-refractivity contribution in [1.82, 2.24) is 5.32 Å². The number of amides is 1. The third-order valence-corrected chi connectivity index (χ3v) is 4.25. The first-order chi connectivity index (χ1) is 11.1. The van der Waals surface area contributed by atoms with Gasteiger partial charge in [0, 0.05) is 11.0 Å². The molecule has 0 saturated heterocycles. The number of rotatable bonds is 4. The minimum atomic E-state index is -0.259. The lowest BCUT2D eigenvalue weighted by Gasteiger charge is -2.08. The van der Waals surface area contributed by atoms with E-state index in [1.165, 1.54) is 0 Å². The van der Waals surface area contributed by atoms with Gasteiger partial charge in [-0.3, -0.25) is 4.79 Å². The van der Waals surface area contributed by atoms with Gasteiger partial charge < -0.3 is 10.4 Å². The van der Waals surface area contributed by atoms with Gasteiger partial charge in [-0.15, -0.1) is 0 Å². The maximum atomic E-state index is 12.3. The molecule has 1 amide bonds. The van der Waals surface area contributed by atoms with Gasteiger partial charge in [-0.1, -0.05) is 52.3 Å². The molecule has 0 saturated carbocycles. The summed E-state index contributed by atoms with van der Waals surface area (Å²) in [6.45, 7) is 0.521. The highest BCUT2D eigenvalue weighted by molar-refractivity contribution is 9.10. The van der Waals surface area contributed by atoms with E-state index in [1.807, 2.05) is 48.5 Å². The first-order valence-electron chi connectivity index (χ1n) is 7.38. The summed E-state index contributed by atoms with van der Waals surface area (Å²) < 4.78 is 1.03. The first-order valence-corrected chi connectivity index (χ1v) is 8.17. The van der Waals surface area contributed by atoms with Crippen LogP contribution in [0.3, 0.4) is 0 Å². The van der Waals surface area contributed by atoms with Crippen LogP contribution in [-0.4, -0.2) is 17.6 Å². The number of halogens is 1. The fraction of sp³-hybridized carbons (Fsp3) is 0.105. The Morgan fingerprint density at radius 2 is 1.65 bits per heavy atom. The molecule has 0 atom stereocenters. The summed E-state index contributed by atoms with van der Waals surface area (Å²) in [5, 5.41) is 14.8. The number of carbonyl (C=O) groups excluding carboxylic acids is 1. The molecule has 0 radical (unpaired) electrons. The SMILES string of the molecule is O=C(NCCc1ccc(Br)cc1)c1cc2ccccc2cc1O. The summed E-state index contributed by atoms with van der Waals surface area (Å²) in [6, 6.07) is 19.0. The molecule has 3 nitrogen and oxygen atoms in total. The molecule has 116 valence electrons. The van der Waals surface area contributed by atoms with Crippen molar-refractivity contribution in [3.05, 3.63) is 76.3 Å². The summed E-state index contributed by atoms with van der Waals surface area (Å²) >= 11 is 3.40. The van der Waals surface area contributed by atoms with E-state index in [2.05, 4.69) is 21.2 Å². The van der Waals surface area contributed by atoms with Crippen LogP contribution in [0, 0.1) is 0 Å². The lowest BCUT2D eigenvalue weighted by Crippen LogP contribution is -2.25. The van der Waals surface area contributed by atoms with Crippen LogP contribution in [-0.2, 0) is 6.42 Å². The summed E-state index contributed by atoms with van der Waals surface area (Å²) in [6.07, 6.45) is 0.743. The molecule has 0 heterocycles. The second-order valence-corrected chi connectivity index (χ2v) is 6.26. The predicted molar refractivity (Wildman–Crippen MR) is 95.8 cm³/mol. The molecular weight excluding hydrogens is 354 g/mol. The van der Waals surface area contributed by atoms with Crippen LogP contribution in [0.25, 0.3) is 10.8 Å². The highest BCUT2D eigenvalue weighted by atomic mass is 79.9. The molecule has 0 fully saturated rings. The van der Waals surface area contributed by atoms with Gasteiger partial charge in [0.25, 0.3) is 5.91 Å². The number of nitrogens with one attached hydrogen (secondary N) is 1. The normalized spacial score (nSPS) is 10.7. The number of phenolic OH excluding ortho intramolecular Hbond substituents is 1. The number of hydrogen-bond donors (Lipinski definition) is 2. The minimum Gasteiger partial charge on any atom is -0.507 e. The zero-order chi connectivity index (χ0) is 16.2. The molecule has 0 bridgehead atoms. The molecule has 23 heavy (non-hydrogen) atoms. The van der Waals surface area contributed by atoms with Crippen LogP contribution in [0.2, 0.25) is 0 Å². The van der Waals surface area contributed by atoms with Gasteiger partial charge in [0.05, 0.1) is 5.56 Å². The van der Waals surface area contributed by atoms with Crippen molar-refractivity contribution < 1.29 is 9.90 Å². The number of benzene rings is 3. The van der Waals surface area contributed by atoms with Crippen LogP contribution >= 0.6 is 15.9 Å². The van der Waals surface area contributed by atoms with E-state index in [0.717, 1.165) is 27.2 Å². The molecule has 4 heteroatoms. The van der Waals surface area contributed by atoms with Gasteiger partial charge >= 0.3 is 0 Å². The maximum Gasteiger partial charge on any atom is 0.255 e. The highest BCUT2D eigenvalue weighted by Gasteiger charge is 2.11. The van der Waals surface area contributed by atoms with Crippen molar-refractivity contribution in [3.63, 3.8) is 0 Å². The highest BCUT2D eigenvalue weighted by Crippen LogP contribution is 2.24. The molecule has 2 N–H and O–H groups in total. The predicted octanol–water partition coefficient (Wildman–Crippen LogP) is 4.28. The molecule has 0 aliphatic rings. The van der Waals surface area contributed by atoms with Gasteiger partial charge in [0.2, 0.25) is 0 Å². The van der Waals surface area contributed by atoms with Crippen molar-refractivity contribution in [2.24, 2.45) is 0 Å². The van der Waals surface area contributed by atoms with Crippen molar-refractivity contribution in [3.8, 4) is 5.75 Å². The number of phenols is 1. The van der Waals surface area contributed by atoms with E-state index in [9.17, 15) is 9.90 Å². The largest absolute Gasteiger partial charge is 0.507 e. The molecular formula is C19H16BrNO2. The Balaban J connectivity index is 1.68. The molecule has 0 aliphatic heterocycles. The average molecular weight is 370 g/mol. The molecule has 0 aliphatic carbocycles. The monoisotopic (exact) mass is 369 g/mol. The van der Waals surface area contributed by atoms with Crippen LogP contribution in [0.15, 0.2) is 65.1 Å². The minimum absolute atomic E-state index is 0.00448. The summed E-state index contributed by atoms with van der Waals surface area (Å²) in [4.78, 5) is 12.3. The molecule has 3 rings (SSSR count). The number of carbonyl (C=O) groups is 1. The summed E-state index contributed by atoms with van der Waals surface area (Å²) in [7, 11) is 0. The molecule has 0 unspecified atom stereocenters. The van der Waals surface area contributed by atoms with E-state index < -0.39 is 0 Å². The van der Waals surface area contributed by atoms with E-state index in [4.69, 9.17) is 0 Å². The van der Waals surface area contributed by atoms with E-state index in [0.29, 0.717) is 12.1 Å². The Kier molecular flexibility index (Phi) is 4.63. The van der Waals surface area contributed by atoms with Crippen LogP contribution in [0.1, 0.15) is 15.9 Å². The lowest BCUT2D eigenvalue weighted by atomic mass is 10.1. The first kappa shape index (κ1) is 15.6. The summed E-state index contributed by atoms with van der Waals surface area (Å²) in [5.74, 6) is -0.254. The third-order valence-electron chi connectivity index (χ3n) is 3.72.